The van der Waals surface area contributed by atoms with E-state index in [1.807, 2.05) is 44.2 Å². The number of hydrogen-bond donors (Lipinski definition) is 1. The van der Waals surface area contributed by atoms with Crippen LogP contribution in [0, 0.1) is 5.41 Å². The van der Waals surface area contributed by atoms with Crippen LogP contribution in [-0.4, -0.2) is 34.7 Å². The minimum atomic E-state index is -0.973. The molecule has 1 aromatic rings. The van der Waals surface area contributed by atoms with Gasteiger partial charge in [0.1, 0.15) is 12.6 Å². The van der Waals surface area contributed by atoms with Gasteiger partial charge in [-0.2, -0.15) is 0 Å². The van der Waals surface area contributed by atoms with Gasteiger partial charge in [-0.05, 0) is 23.8 Å². The molecule has 5 nitrogen and oxygen atoms in total. The Balaban J connectivity index is 1.99. The third kappa shape index (κ3) is 3.97. The molecule has 2 rings (SSSR count). The number of carbonyl (C=O) groups excluding carboxylic acids is 1. The van der Waals surface area contributed by atoms with Crippen LogP contribution in [0.4, 0.5) is 4.79 Å². The highest BCUT2D eigenvalue weighted by Crippen LogP contribution is 2.34. The Kier molecular flexibility index (Phi) is 4.50. The third-order valence-electron chi connectivity index (χ3n) is 3.88. The van der Waals surface area contributed by atoms with Crippen molar-refractivity contribution in [1.29, 1.82) is 0 Å². The summed E-state index contributed by atoms with van der Waals surface area (Å²) in [5.74, 6) is -0.973. The van der Waals surface area contributed by atoms with E-state index in [1.165, 1.54) is 4.90 Å². The van der Waals surface area contributed by atoms with Gasteiger partial charge in [-0.15, -0.1) is 0 Å². The number of carboxylic acid groups (broad SMARTS) is 1. The predicted octanol–water partition coefficient (Wildman–Crippen LogP) is 2.90. The molecule has 21 heavy (non-hydrogen) atoms. The van der Waals surface area contributed by atoms with E-state index in [0.717, 1.165) is 12.0 Å². The molecule has 114 valence electrons. The van der Waals surface area contributed by atoms with Gasteiger partial charge in [0, 0.05) is 6.54 Å². The van der Waals surface area contributed by atoms with Crippen LogP contribution in [0.3, 0.4) is 0 Å². The van der Waals surface area contributed by atoms with E-state index in [0.29, 0.717) is 13.0 Å². The van der Waals surface area contributed by atoms with Crippen LogP contribution in [0.2, 0.25) is 0 Å². The minimum absolute atomic E-state index is 0.0702. The third-order valence-corrected chi connectivity index (χ3v) is 3.88. The number of likely N-dealkylation sites (tertiary alicyclic amines) is 1. The van der Waals surface area contributed by atoms with E-state index in [9.17, 15) is 14.7 Å². The molecule has 0 radical (unpaired) electrons. The zero-order valence-corrected chi connectivity index (χ0v) is 12.4. The zero-order chi connectivity index (χ0) is 15.5. The Bertz CT molecular complexity index is 512. The van der Waals surface area contributed by atoms with Gasteiger partial charge in [0.15, 0.2) is 0 Å². The van der Waals surface area contributed by atoms with Crippen molar-refractivity contribution in [2.75, 3.05) is 6.54 Å². The monoisotopic (exact) mass is 291 g/mol. The summed E-state index contributed by atoms with van der Waals surface area (Å²) in [5.41, 5.74) is 0.814. The van der Waals surface area contributed by atoms with Gasteiger partial charge in [0.2, 0.25) is 0 Å². The number of aliphatic carboxylic acids is 1. The van der Waals surface area contributed by atoms with Crippen LogP contribution in [0.1, 0.15) is 32.3 Å². The topological polar surface area (TPSA) is 66.8 Å². The van der Waals surface area contributed by atoms with Crippen LogP contribution in [0.5, 0.6) is 0 Å². The number of piperidine rings is 1. The highest BCUT2D eigenvalue weighted by atomic mass is 16.6. The van der Waals surface area contributed by atoms with Crippen molar-refractivity contribution in [3.05, 3.63) is 35.9 Å². The fourth-order valence-corrected chi connectivity index (χ4v) is 2.56. The molecule has 0 aliphatic carbocycles. The first-order valence-corrected chi connectivity index (χ1v) is 7.09. The molecule has 1 aromatic carbocycles. The lowest BCUT2D eigenvalue weighted by molar-refractivity contribution is -0.145. The average molecular weight is 291 g/mol. The number of ether oxygens (including phenoxy) is 1. The highest BCUT2D eigenvalue weighted by Gasteiger charge is 2.40. The molecule has 1 saturated heterocycles. The second-order valence-corrected chi connectivity index (χ2v) is 6.21. The zero-order valence-electron chi connectivity index (χ0n) is 12.4. The number of rotatable bonds is 3. The SMILES string of the molecule is CC1(C)CCN(C(=O)OCc2ccccc2)[C@H](C(=O)O)C1. The van der Waals surface area contributed by atoms with Crippen molar-refractivity contribution in [3.63, 3.8) is 0 Å². The molecule has 0 aromatic heterocycles. The molecule has 1 amide bonds. The number of carboxylic acids is 1. The van der Waals surface area contributed by atoms with Crippen molar-refractivity contribution in [2.24, 2.45) is 5.41 Å². The van der Waals surface area contributed by atoms with Crippen LogP contribution in [0.25, 0.3) is 0 Å². The van der Waals surface area contributed by atoms with Gasteiger partial charge in [0.05, 0.1) is 0 Å². The van der Waals surface area contributed by atoms with Gasteiger partial charge < -0.3 is 9.84 Å². The van der Waals surface area contributed by atoms with E-state index >= 15 is 0 Å². The number of hydrogen-bond acceptors (Lipinski definition) is 3. The summed E-state index contributed by atoms with van der Waals surface area (Å²) in [6.07, 6.45) is 0.668. The molecule has 1 N–H and O–H groups in total. The Hall–Kier alpha value is -2.04. The number of benzene rings is 1. The first kappa shape index (κ1) is 15.4. The molecule has 1 atom stereocenters. The van der Waals surface area contributed by atoms with E-state index < -0.39 is 18.1 Å². The summed E-state index contributed by atoms with van der Waals surface area (Å²) >= 11 is 0. The normalized spacial score (nSPS) is 20.9. The van der Waals surface area contributed by atoms with E-state index in [1.54, 1.807) is 0 Å². The van der Waals surface area contributed by atoms with E-state index in [-0.39, 0.29) is 12.0 Å². The lowest BCUT2D eigenvalue weighted by Crippen LogP contribution is -2.52. The summed E-state index contributed by atoms with van der Waals surface area (Å²) in [5, 5.41) is 9.33. The fourth-order valence-electron chi connectivity index (χ4n) is 2.56. The van der Waals surface area contributed by atoms with Crippen molar-refractivity contribution in [1.82, 2.24) is 4.90 Å². The van der Waals surface area contributed by atoms with Crippen LogP contribution in [-0.2, 0) is 16.1 Å². The van der Waals surface area contributed by atoms with Gasteiger partial charge >= 0.3 is 12.1 Å². The Morgan fingerprint density at radius 1 is 1.33 bits per heavy atom. The summed E-state index contributed by atoms with van der Waals surface area (Å²) in [6.45, 7) is 4.62. The summed E-state index contributed by atoms with van der Waals surface area (Å²) < 4.78 is 5.24. The fraction of sp³-hybridized carbons (Fsp3) is 0.500. The van der Waals surface area contributed by atoms with Crippen LogP contribution in [0.15, 0.2) is 30.3 Å². The largest absolute Gasteiger partial charge is 0.480 e. The van der Waals surface area contributed by atoms with Crippen LogP contribution < -0.4 is 0 Å². The maximum Gasteiger partial charge on any atom is 0.410 e. The average Bonchev–Trinajstić information content (AvgIpc) is 2.45. The molecule has 1 aliphatic rings. The molecular formula is C16H21NO4. The maximum absolute atomic E-state index is 12.1. The van der Waals surface area contributed by atoms with Crippen molar-refractivity contribution < 1.29 is 19.4 Å². The second kappa shape index (κ2) is 6.16. The molecule has 0 spiro atoms. The number of nitrogens with zero attached hydrogens (tertiary/aromatic N) is 1. The van der Waals surface area contributed by atoms with Crippen molar-refractivity contribution in [2.45, 2.75) is 39.3 Å². The maximum atomic E-state index is 12.1. The molecule has 5 heteroatoms. The Labute approximate surface area is 124 Å². The van der Waals surface area contributed by atoms with Crippen LogP contribution >= 0.6 is 0 Å². The Morgan fingerprint density at radius 2 is 2.00 bits per heavy atom. The molecule has 0 bridgehead atoms. The number of amides is 1. The summed E-state index contributed by atoms with van der Waals surface area (Å²) in [4.78, 5) is 24.8. The van der Waals surface area contributed by atoms with E-state index in [2.05, 4.69) is 0 Å². The minimum Gasteiger partial charge on any atom is -0.480 e. The smallest absolute Gasteiger partial charge is 0.410 e. The first-order chi connectivity index (χ1) is 9.89. The standard InChI is InChI=1S/C16H21NO4/c1-16(2)8-9-17(13(10-16)14(18)19)15(20)21-11-12-6-4-3-5-7-12/h3-7,13H,8-11H2,1-2H3,(H,18,19)/t13-/m0/s1. The lowest BCUT2D eigenvalue weighted by Gasteiger charge is -2.40. The molecule has 1 heterocycles. The van der Waals surface area contributed by atoms with Gasteiger partial charge in [-0.25, -0.2) is 9.59 Å². The molecular weight excluding hydrogens is 270 g/mol. The Morgan fingerprint density at radius 3 is 2.62 bits per heavy atom. The predicted molar refractivity (Wildman–Crippen MR) is 77.8 cm³/mol. The van der Waals surface area contributed by atoms with Gasteiger partial charge in [-0.3, -0.25) is 4.90 Å². The lowest BCUT2D eigenvalue weighted by atomic mass is 9.79. The van der Waals surface area contributed by atoms with E-state index in [4.69, 9.17) is 4.74 Å². The molecule has 0 unspecified atom stereocenters. The highest BCUT2D eigenvalue weighted by molar-refractivity contribution is 5.80. The first-order valence-electron chi connectivity index (χ1n) is 7.09. The summed E-state index contributed by atoms with van der Waals surface area (Å²) in [6, 6.07) is 8.54. The van der Waals surface area contributed by atoms with Gasteiger partial charge in [0.25, 0.3) is 0 Å². The number of carbonyl (C=O) groups is 2. The summed E-state index contributed by atoms with van der Waals surface area (Å²) in [7, 11) is 0. The van der Waals surface area contributed by atoms with Crippen molar-refractivity contribution in [3.8, 4) is 0 Å². The second-order valence-electron chi connectivity index (χ2n) is 6.21. The molecule has 0 saturated carbocycles. The molecule has 1 aliphatic heterocycles. The molecule has 1 fully saturated rings. The quantitative estimate of drug-likeness (QED) is 0.930. The van der Waals surface area contributed by atoms with Crippen molar-refractivity contribution >= 4 is 12.1 Å². The van der Waals surface area contributed by atoms with Gasteiger partial charge in [-0.1, -0.05) is 44.2 Å².